The molecule has 6 nitrogen and oxygen atoms in total. The maximum Gasteiger partial charge on any atom is 0.319 e. The SMILES string of the molecule is CCNC(=O)CNC(=O)Nc1cccc(C(C)N)c1. The number of nitrogens with one attached hydrogen (secondary N) is 3. The zero-order chi connectivity index (χ0) is 14.3. The van der Waals surface area contributed by atoms with E-state index in [1.165, 1.54) is 0 Å². The molecule has 1 aromatic rings. The summed E-state index contributed by atoms with van der Waals surface area (Å²) in [6.07, 6.45) is 0. The zero-order valence-electron chi connectivity index (χ0n) is 11.2. The summed E-state index contributed by atoms with van der Waals surface area (Å²) in [4.78, 5) is 22.7. The number of urea groups is 1. The Kier molecular flexibility index (Phi) is 5.81. The first-order valence-corrected chi connectivity index (χ1v) is 6.20. The molecule has 1 aromatic carbocycles. The van der Waals surface area contributed by atoms with Crippen LogP contribution >= 0.6 is 0 Å². The molecule has 0 bridgehead atoms. The van der Waals surface area contributed by atoms with Gasteiger partial charge in [0.05, 0.1) is 6.54 Å². The molecule has 0 saturated carbocycles. The predicted molar refractivity (Wildman–Crippen MR) is 74.7 cm³/mol. The fraction of sp³-hybridized carbons (Fsp3) is 0.385. The molecule has 1 unspecified atom stereocenters. The van der Waals surface area contributed by atoms with E-state index in [4.69, 9.17) is 5.73 Å². The van der Waals surface area contributed by atoms with Gasteiger partial charge in [-0.25, -0.2) is 4.79 Å². The maximum absolute atomic E-state index is 11.6. The number of carbonyl (C=O) groups is 2. The topological polar surface area (TPSA) is 96.2 Å². The first kappa shape index (κ1) is 15.0. The van der Waals surface area contributed by atoms with Crippen LogP contribution in [0.3, 0.4) is 0 Å². The largest absolute Gasteiger partial charge is 0.355 e. The van der Waals surface area contributed by atoms with Gasteiger partial charge in [0, 0.05) is 18.3 Å². The van der Waals surface area contributed by atoms with Gasteiger partial charge in [0.15, 0.2) is 0 Å². The van der Waals surface area contributed by atoms with Gasteiger partial charge in [0.25, 0.3) is 0 Å². The van der Waals surface area contributed by atoms with Crippen molar-refractivity contribution in [3.8, 4) is 0 Å². The van der Waals surface area contributed by atoms with E-state index in [2.05, 4.69) is 16.0 Å². The molecule has 0 aliphatic carbocycles. The van der Waals surface area contributed by atoms with E-state index in [0.29, 0.717) is 12.2 Å². The molecule has 0 aliphatic heterocycles. The third-order valence-corrected chi connectivity index (χ3v) is 2.45. The number of anilines is 1. The number of nitrogens with two attached hydrogens (primary N) is 1. The smallest absolute Gasteiger partial charge is 0.319 e. The number of amides is 3. The molecule has 3 amide bonds. The Morgan fingerprint density at radius 3 is 2.68 bits per heavy atom. The molecule has 1 rings (SSSR count). The molecular weight excluding hydrogens is 244 g/mol. The summed E-state index contributed by atoms with van der Waals surface area (Å²) < 4.78 is 0. The number of carbonyl (C=O) groups excluding carboxylic acids is 2. The summed E-state index contributed by atoms with van der Waals surface area (Å²) in [7, 11) is 0. The van der Waals surface area contributed by atoms with Gasteiger partial charge in [-0.15, -0.1) is 0 Å². The van der Waals surface area contributed by atoms with Crippen LogP contribution in [0.4, 0.5) is 10.5 Å². The van der Waals surface area contributed by atoms with E-state index >= 15 is 0 Å². The van der Waals surface area contributed by atoms with Crippen LogP contribution in [0, 0.1) is 0 Å². The third-order valence-electron chi connectivity index (χ3n) is 2.45. The Balaban J connectivity index is 2.48. The highest BCUT2D eigenvalue weighted by atomic mass is 16.2. The van der Waals surface area contributed by atoms with E-state index < -0.39 is 6.03 Å². The standard InChI is InChI=1S/C13H20N4O2/c1-3-15-12(18)8-16-13(19)17-11-6-4-5-10(7-11)9(2)14/h4-7,9H,3,8,14H2,1-2H3,(H,15,18)(H2,16,17,19). The van der Waals surface area contributed by atoms with Gasteiger partial charge in [0.1, 0.15) is 0 Å². The molecule has 0 fully saturated rings. The molecule has 0 heterocycles. The molecular formula is C13H20N4O2. The second-order valence-electron chi connectivity index (χ2n) is 4.18. The fourth-order valence-corrected chi connectivity index (χ4v) is 1.50. The van der Waals surface area contributed by atoms with Crippen LogP contribution in [0.2, 0.25) is 0 Å². The molecule has 6 heteroatoms. The Morgan fingerprint density at radius 2 is 2.05 bits per heavy atom. The lowest BCUT2D eigenvalue weighted by Gasteiger charge is -2.10. The molecule has 5 N–H and O–H groups in total. The summed E-state index contributed by atoms with van der Waals surface area (Å²) in [6.45, 7) is 4.18. The maximum atomic E-state index is 11.6. The highest BCUT2D eigenvalue weighted by Gasteiger charge is 2.06. The quantitative estimate of drug-likeness (QED) is 0.638. The predicted octanol–water partition coefficient (Wildman–Crippen LogP) is 0.964. The van der Waals surface area contributed by atoms with Crippen molar-refractivity contribution in [3.63, 3.8) is 0 Å². The van der Waals surface area contributed by atoms with Gasteiger partial charge in [-0.3, -0.25) is 4.79 Å². The minimum atomic E-state index is -0.423. The first-order valence-electron chi connectivity index (χ1n) is 6.20. The monoisotopic (exact) mass is 264 g/mol. The third kappa shape index (κ3) is 5.39. The highest BCUT2D eigenvalue weighted by Crippen LogP contribution is 2.15. The van der Waals surface area contributed by atoms with Crippen molar-refractivity contribution in [2.75, 3.05) is 18.4 Å². The van der Waals surface area contributed by atoms with Gasteiger partial charge in [-0.05, 0) is 31.5 Å². The lowest BCUT2D eigenvalue weighted by Crippen LogP contribution is -2.38. The average Bonchev–Trinajstić information content (AvgIpc) is 2.37. The molecule has 0 aromatic heterocycles. The van der Waals surface area contributed by atoms with Crippen molar-refractivity contribution < 1.29 is 9.59 Å². The minimum Gasteiger partial charge on any atom is -0.355 e. The number of hydrogen-bond donors (Lipinski definition) is 4. The van der Waals surface area contributed by atoms with Gasteiger partial charge >= 0.3 is 6.03 Å². The van der Waals surface area contributed by atoms with E-state index in [1.807, 2.05) is 26.0 Å². The first-order chi connectivity index (χ1) is 9.02. The lowest BCUT2D eigenvalue weighted by atomic mass is 10.1. The Bertz CT molecular complexity index is 446. The van der Waals surface area contributed by atoms with Crippen molar-refractivity contribution in [2.24, 2.45) is 5.73 Å². The Labute approximate surface area is 112 Å². The van der Waals surface area contributed by atoms with E-state index in [-0.39, 0.29) is 18.5 Å². The molecule has 0 saturated heterocycles. The Morgan fingerprint density at radius 1 is 1.32 bits per heavy atom. The van der Waals surface area contributed by atoms with Gasteiger partial charge < -0.3 is 21.7 Å². The number of hydrogen-bond acceptors (Lipinski definition) is 3. The second kappa shape index (κ2) is 7.38. The van der Waals surface area contributed by atoms with Crippen molar-refractivity contribution >= 4 is 17.6 Å². The second-order valence-corrected chi connectivity index (χ2v) is 4.18. The minimum absolute atomic E-state index is 0.0490. The van der Waals surface area contributed by atoms with E-state index in [9.17, 15) is 9.59 Å². The van der Waals surface area contributed by atoms with Crippen LogP contribution < -0.4 is 21.7 Å². The van der Waals surface area contributed by atoms with Gasteiger partial charge in [-0.2, -0.15) is 0 Å². The zero-order valence-corrected chi connectivity index (χ0v) is 11.2. The Hall–Kier alpha value is -2.08. The van der Waals surface area contributed by atoms with Crippen LogP contribution in [0.25, 0.3) is 0 Å². The van der Waals surface area contributed by atoms with E-state index in [1.54, 1.807) is 12.1 Å². The van der Waals surface area contributed by atoms with Gasteiger partial charge in [0.2, 0.25) is 5.91 Å². The molecule has 104 valence electrons. The summed E-state index contributed by atoms with van der Waals surface area (Å²) in [5.41, 5.74) is 7.34. The fourth-order valence-electron chi connectivity index (χ4n) is 1.50. The number of likely N-dealkylation sites (N-methyl/N-ethyl adjacent to an activating group) is 1. The molecule has 19 heavy (non-hydrogen) atoms. The molecule has 0 aliphatic rings. The van der Waals surface area contributed by atoms with Crippen LogP contribution in [-0.2, 0) is 4.79 Å². The van der Waals surface area contributed by atoms with Crippen LogP contribution in [0.15, 0.2) is 24.3 Å². The summed E-state index contributed by atoms with van der Waals surface area (Å²) in [6, 6.07) is 6.75. The van der Waals surface area contributed by atoms with Crippen LogP contribution in [0.1, 0.15) is 25.5 Å². The van der Waals surface area contributed by atoms with E-state index in [0.717, 1.165) is 5.56 Å². The van der Waals surface area contributed by atoms with Crippen molar-refractivity contribution in [2.45, 2.75) is 19.9 Å². The summed E-state index contributed by atoms with van der Waals surface area (Å²) in [5, 5.41) is 7.71. The van der Waals surface area contributed by atoms with Crippen LogP contribution in [-0.4, -0.2) is 25.0 Å². The summed E-state index contributed by atoms with van der Waals surface area (Å²) >= 11 is 0. The van der Waals surface area contributed by atoms with Crippen LogP contribution in [0.5, 0.6) is 0 Å². The molecule has 1 atom stereocenters. The molecule has 0 spiro atoms. The lowest BCUT2D eigenvalue weighted by molar-refractivity contribution is -0.119. The highest BCUT2D eigenvalue weighted by molar-refractivity contribution is 5.92. The average molecular weight is 264 g/mol. The summed E-state index contributed by atoms with van der Waals surface area (Å²) in [5.74, 6) is -0.220. The van der Waals surface area contributed by atoms with Gasteiger partial charge in [-0.1, -0.05) is 12.1 Å². The number of rotatable bonds is 5. The van der Waals surface area contributed by atoms with Crippen molar-refractivity contribution in [3.05, 3.63) is 29.8 Å². The number of benzene rings is 1. The van der Waals surface area contributed by atoms with Crippen molar-refractivity contribution in [1.82, 2.24) is 10.6 Å². The van der Waals surface area contributed by atoms with Crippen molar-refractivity contribution in [1.29, 1.82) is 0 Å². The normalized spacial score (nSPS) is 11.5. The molecule has 0 radical (unpaired) electrons.